The molecule has 0 spiro atoms. The fourth-order valence-corrected chi connectivity index (χ4v) is 1.57. The molecule has 0 bridgehead atoms. The second-order valence-corrected chi connectivity index (χ2v) is 3.85. The van der Waals surface area contributed by atoms with E-state index in [9.17, 15) is 0 Å². The summed E-state index contributed by atoms with van der Waals surface area (Å²) < 4.78 is 10.9. The number of methoxy groups -OCH3 is 1. The number of hydrogen-bond donors (Lipinski definition) is 0. The van der Waals surface area contributed by atoms with Crippen LogP contribution in [-0.2, 0) is 6.42 Å². The van der Waals surface area contributed by atoms with E-state index in [1.54, 1.807) is 7.11 Å². The van der Waals surface area contributed by atoms with E-state index in [0.29, 0.717) is 13.0 Å². The van der Waals surface area contributed by atoms with Crippen molar-refractivity contribution in [3.63, 3.8) is 0 Å². The van der Waals surface area contributed by atoms with Gasteiger partial charge in [0.1, 0.15) is 0 Å². The van der Waals surface area contributed by atoms with E-state index in [4.69, 9.17) is 14.7 Å². The van der Waals surface area contributed by atoms with Gasteiger partial charge in [0.2, 0.25) is 0 Å². The summed E-state index contributed by atoms with van der Waals surface area (Å²) in [6.07, 6.45) is 3.36. The molecule has 0 aliphatic heterocycles. The molecule has 17 heavy (non-hydrogen) atoms. The maximum atomic E-state index is 8.49. The molecule has 0 unspecified atom stereocenters. The maximum Gasteiger partial charge on any atom is 0.161 e. The van der Waals surface area contributed by atoms with Gasteiger partial charge < -0.3 is 9.47 Å². The Labute approximate surface area is 103 Å². The average molecular weight is 233 g/mol. The van der Waals surface area contributed by atoms with E-state index in [1.165, 1.54) is 5.56 Å². The lowest BCUT2D eigenvalue weighted by Crippen LogP contribution is -1.98. The summed E-state index contributed by atoms with van der Waals surface area (Å²) in [6, 6.07) is 8.11. The quantitative estimate of drug-likeness (QED) is 0.678. The van der Waals surface area contributed by atoms with Gasteiger partial charge in [-0.2, -0.15) is 5.26 Å². The first-order valence-corrected chi connectivity index (χ1v) is 5.98. The zero-order chi connectivity index (χ0) is 12.5. The second kappa shape index (κ2) is 7.56. The number of rotatable bonds is 7. The first kappa shape index (κ1) is 13.4. The molecule has 0 saturated heterocycles. The summed E-state index contributed by atoms with van der Waals surface area (Å²) in [7, 11) is 1.65. The van der Waals surface area contributed by atoms with Crippen LogP contribution in [0.5, 0.6) is 11.5 Å². The first-order valence-electron chi connectivity index (χ1n) is 5.98. The zero-order valence-corrected chi connectivity index (χ0v) is 10.5. The molecule has 0 aliphatic rings. The predicted octanol–water partition coefficient (Wildman–Crippen LogP) is 3.33. The lowest BCUT2D eigenvalue weighted by Gasteiger charge is -2.11. The highest BCUT2D eigenvalue weighted by atomic mass is 16.5. The van der Waals surface area contributed by atoms with Crippen LogP contribution < -0.4 is 9.47 Å². The molecule has 0 saturated carbocycles. The summed E-state index contributed by atoms with van der Waals surface area (Å²) in [6.45, 7) is 2.77. The number of hydrogen-bond acceptors (Lipinski definition) is 3. The lowest BCUT2D eigenvalue weighted by atomic mass is 10.1. The molecule has 1 rings (SSSR count). The van der Waals surface area contributed by atoms with Crippen molar-refractivity contribution in [3.05, 3.63) is 23.8 Å². The Morgan fingerprint density at radius 1 is 1.29 bits per heavy atom. The Kier molecular flexibility index (Phi) is 5.95. The van der Waals surface area contributed by atoms with E-state index in [0.717, 1.165) is 30.8 Å². The fraction of sp³-hybridized carbons (Fsp3) is 0.500. The summed E-state index contributed by atoms with van der Waals surface area (Å²) in [4.78, 5) is 0. The molecule has 0 radical (unpaired) electrons. The third-order valence-corrected chi connectivity index (χ3v) is 2.44. The van der Waals surface area contributed by atoms with Gasteiger partial charge in [0.25, 0.3) is 0 Å². The summed E-state index contributed by atoms with van der Waals surface area (Å²) in [5.74, 6) is 1.56. The fourth-order valence-electron chi connectivity index (χ4n) is 1.57. The highest BCUT2D eigenvalue weighted by Gasteiger charge is 2.05. The number of aryl methyl sites for hydroxylation is 1. The lowest BCUT2D eigenvalue weighted by molar-refractivity contribution is 0.294. The molecule has 1 aromatic carbocycles. The monoisotopic (exact) mass is 233 g/mol. The smallest absolute Gasteiger partial charge is 0.161 e. The number of nitrogens with zero attached hydrogens (tertiary/aromatic N) is 1. The van der Waals surface area contributed by atoms with Crippen LogP contribution in [0.15, 0.2) is 18.2 Å². The largest absolute Gasteiger partial charge is 0.493 e. The molecule has 0 amide bonds. The van der Waals surface area contributed by atoms with Gasteiger partial charge >= 0.3 is 0 Å². The standard InChI is InChI=1S/C14H19NO2/c1-3-10-17-13-8-7-12(6-4-5-9-15)11-14(13)16-2/h7-8,11H,3-6,10H2,1-2H3. The third kappa shape index (κ3) is 4.36. The van der Waals surface area contributed by atoms with Crippen molar-refractivity contribution in [3.8, 4) is 17.6 Å². The maximum absolute atomic E-state index is 8.49. The summed E-state index contributed by atoms with van der Waals surface area (Å²) >= 11 is 0. The van der Waals surface area contributed by atoms with E-state index in [1.807, 2.05) is 18.2 Å². The van der Waals surface area contributed by atoms with E-state index in [-0.39, 0.29) is 0 Å². The summed E-state index contributed by atoms with van der Waals surface area (Å²) in [5.41, 5.74) is 1.18. The normalized spacial score (nSPS) is 9.71. The molecular weight excluding hydrogens is 214 g/mol. The Morgan fingerprint density at radius 2 is 2.12 bits per heavy atom. The zero-order valence-electron chi connectivity index (χ0n) is 10.5. The molecule has 1 aromatic rings. The number of benzene rings is 1. The summed E-state index contributed by atoms with van der Waals surface area (Å²) in [5, 5.41) is 8.49. The van der Waals surface area contributed by atoms with Gasteiger partial charge in [0.15, 0.2) is 11.5 Å². The number of ether oxygens (including phenoxy) is 2. The van der Waals surface area contributed by atoms with Crippen LogP contribution in [0.4, 0.5) is 0 Å². The molecular formula is C14H19NO2. The Balaban J connectivity index is 2.67. The van der Waals surface area contributed by atoms with E-state index < -0.39 is 0 Å². The first-order chi connectivity index (χ1) is 8.31. The minimum atomic E-state index is 0.594. The molecule has 0 atom stereocenters. The van der Waals surface area contributed by atoms with Gasteiger partial charge in [-0.25, -0.2) is 0 Å². The number of unbranched alkanes of at least 4 members (excludes halogenated alkanes) is 1. The van der Waals surface area contributed by atoms with Crippen molar-refractivity contribution < 1.29 is 9.47 Å². The van der Waals surface area contributed by atoms with Crippen molar-refractivity contribution in [2.75, 3.05) is 13.7 Å². The Bertz CT molecular complexity index is 382. The molecule has 0 aromatic heterocycles. The molecule has 0 heterocycles. The predicted molar refractivity (Wildman–Crippen MR) is 67.3 cm³/mol. The van der Waals surface area contributed by atoms with Crippen LogP contribution in [0.3, 0.4) is 0 Å². The minimum Gasteiger partial charge on any atom is -0.493 e. The van der Waals surface area contributed by atoms with Crippen molar-refractivity contribution in [1.82, 2.24) is 0 Å². The van der Waals surface area contributed by atoms with Gasteiger partial charge in [-0.1, -0.05) is 13.0 Å². The topological polar surface area (TPSA) is 42.2 Å². The van der Waals surface area contributed by atoms with Crippen molar-refractivity contribution >= 4 is 0 Å². The van der Waals surface area contributed by atoms with Gasteiger partial charge in [-0.15, -0.1) is 0 Å². The highest BCUT2D eigenvalue weighted by Crippen LogP contribution is 2.28. The van der Waals surface area contributed by atoms with E-state index >= 15 is 0 Å². The highest BCUT2D eigenvalue weighted by molar-refractivity contribution is 5.43. The molecule has 0 fully saturated rings. The average Bonchev–Trinajstić information content (AvgIpc) is 2.37. The van der Waals surface area contributed by atoms with Crippen LogP contribution in [0, 0.1) is 11.3 Å². The van der Waals surface area contributed by atoms with Crippen LogP contribution in [0.1, 0.15) is 31.7 Å². The van der Waals surface area contributed by atoms with Gasteiger partial charge in [0.05, 0.1) is 19.8 Å². The van der Waals surface area contributed by atoms with Crippen LogP contribution in [-0.4, -0.2) is 13.7 Å². The molecule has 0 aliphatic carbocycles. The van der Waals surface area contributed by atoms with Crippen molar-refractivity contribution in [2.24, 2.45) is 0 Å². The number of nitriles is 1. The van der Waals surface area contributed by atoms with Crippen molar-refractivity contribution in [1.29, 1.82) is 5.26 Å². The molecule has 3 heteroatoms. The minimum absolute atomic E-state index is 0.594. The van der Waals surface area contributed by atoms with Crippen LogP contribution >= 0.6 is 0 Å². The molecule has 3 nitrogen and oxygen atoms in total. The Morgan fingerprint density at radius 3 is 2.76 bits per heavy atom. The third-order valence-electron chi connectivity index (χ3n) is 2.44. The van der Waals surface area contributed by atoms with Gasteiger partial charge in [-0.3, -0.25) is 0 Å². The Hall–Kier alpha value is -1.69. The molecule has 92 valence electrons. The van der Waals surface area contributed by atoms with Crippen LogP contribution in [0.2, 0.25) is 0 Å². The van der Waals surface area contributed by atoms with Gasteiger partial charge in [0, 0.05) is 6.42 Å². The second-order valence-electron chi connectivity index (χ2n) is 3.85. The SMILES string of the molecule is CCCOc1ccc(CCCC#N)cc1OC. The van der Waals surface area contributed by atoms with Gasteiger partial charge in [-0.05, 0) is 37.0 Å². The molecule has 0 N–H and O–H groups in total. The van der Waals surface area contributed by atoms with Crippen LogP contribution in [0.25, 0.3) is 0 Å². The van der Waals surface area contributed by atoms with Crippen molar-refractivity contribution in [2.45, 2.75) is 32.6 Å². The van der Waals surface area contributed by atoms with E-state index in [2.05, 4.69) is 13.0 Å².